The second-order valence-corrected chi connectivity index (χ2v) is 5.98. The Balaban J connectivity index is 1.95. The molecule has 1 fully saturated rings. The van der Waals surface area contributed by atoms with Gasteiger partial charge in [-0.25, -0.2) is 9.63 Å². The van der Waals surface area contributed by atoms with Gasteiger partial charge in [-0.3, -0.25) is 4.84 Å². The van der Waals surface area contributed by atoms with E-state index in [4.69, 9.17) is 18.8 Å². The van der Waals surface area contributed by atoms with Gasteiger partial charge in [0, 0.05) is 17.9 Å². The Bertz CT molecular complexity index is 801. The Hall–Kier alpha value is -1.73. The molecular formula is C17H19NO5. The highest BCUT2D eigenvalue weighted by Gasteiger charge is 2.49. The Labute approximate surface area is 133 Å². The van der Waals surface area contributed by atoms with Gasteiger partial charge in [0.25, 0.3) is 0 Å². The first-order chi connectivity index (χ1) is 11.1. The van der Waals surface area contributed by atoms with Crippen molar-refractivity contribution >= 4 is 11.0 Å². The lowest BCUT2D eigenvalue weighted by molar-refractivity contribution is -0.415. The van der Waals surface area contributed by atoms with E-state index in [1.807, 2.05) is 45.0 Å². The van der Waals surface area contributed by atoms with E-state index in [9.17, 15) is 4.79 Å². The average Bonchev–Trinajstić information content (AvgIpc) is 2.83. The molecule has 1 aromatic heterocycles. The van der Waals surface area contributed by atoms with E-state index >= 15 is 0 Å². The molecular weight excluding hydrogens is 298 g/mol. The summed E-state index contributed by atoms with van der Waals surface area (Å²) in [6, 6.07) is 7.37. The van der Waals surface area contributed by atoms with Crippen LogP contribution in [-0.4, -0.2) is 18.1 Å². The van der Waals surface area contributed by atoms with Crippen LogP contribution in [0.4, 0.5) is 0 Å². The number of benzene rings is 1. The van der Waals surface area contributed by atoms with Gasteiger partial charge in [0.15, 0.2) is 6.29 Å². The Morgan fingerprint density at radius 3 is 2.74 bits per heavy atom. The van der Waals surface area contributed by atoms with Crippen LogP contribution in [0.1, 0.15) is 44.0 Å². The van der Waals surface area contributed by atoms with Gasteiger partial charge in [-0.15, -0.1) is 0 Å². The summed E-state index contributed by atoms with van der Waals surface area (Å²) in [7, 11) is 0. The maximum absolute atomic E-state index is 12.5. The molecule has 0 spiro atoms. The second-order valence-electron chi connectivity index (χ2n) is 5.98. The van der Waals surface area contributed by atoms with Gasteiger partial charge >= 0.3 is 5.63 Å². The van der Waals surface area contributed by atoms with Gasteiger partial charge in [0.1, 0.15) is 11.7 Å². The summed E-state index contributed by atoms with van der Waals surface area (Å²) in [5, 5.41) is 2.41. The van der Waals surface area contributed by atoms with E-state index in [0.29, 0.717) is 17.8 Å². The zero-order valence-electron chi connectivity index (χ0n) is 13.3. The van der Waals surface area contributed by atoms with Crippen LogP contribution in [0.3, 0.4) is 0 Å². The molecule has 2 aromatic rings. The van der Waals surface area contributed by atoms with Crippen LogP contribution in [0.2, 0.25) is 0 Å². The van der Waals surface area contributed by atoms with Crippen molar-refractivity contribution in [3.63, 3.8) is 0 Å². The molecule has 1 aromatic carbocycles. The van der Waals surface area contributed by atoms with Crippen molar-refractivity contribution in [3.05, 3.63) is 45.8 Å². The van der Waals surface area contributed by atoms with Crippen LogP contribution < -0.4 is 5.63 Å². The minimum atomic E-state index is -0.435. The molecule has 0 saturated carbocycles. The fourth-order valence-corrected chi connectivity index (χ4v) is 3.51. The van der Waals surface area contributed by atoms with Crippen LogP contribution in [0.5, 0.6) is 0 Å². The molecule has 1 saturated heterocycles. The van der Waals surface area contributed by atoms with Gasteiger partial charge in [-0.2, -0.15) is 0 Å². The van der Waals surface area contributed by atoms with Crippen molar-refractivity contribution in [1.82, 2.24) is 5.23 Å². The summed E-state index contributed by atoms with van der Waals surface area (Å²) in [5.74, 6) is 0.0198. The van der Waals surface area contributed by atoms with Gasteiger partial charge < -0.3 is 9.15 Å². The largest absolute Gasteiger partial charge is 0.422 e. The molecule has 0 N–H and O–H groups in total. The fourth-order valence-electron chi connectivity index (χ4n) is 3.51. The first kappa shape index (κ1) is 14.8. The zero-order chi connectivity index (χ0) is 16.1. The lowest BCUT2D eigenvalue weighted by Crippen LogP contribution is -2.35. The van der Waals surface area contributed by atoms with Crippen molar-refractivity contribution < 1.29 is 18.8 Å². The third kappa shape index (κ3) is 2.14. The third-order valence-corrected chi connectivity index (χ3v) is 4.55. The Kier molecular flexibility index (Phi) is 3.50. The molecule has 2 aliphatic heterocycles. The van der Waals surface area contributed by atoms with Gasteiger partial charge in [-0.05, 0) is 25.5 Å². The van der Waals surface area contributed by atoms with Crippen LogP contribution in [-0.2, 0) is 14.4 Å². The van der Waals surface area contributed by atoms with E-state index in [0.717, 1.165) is 10.9 Å². The molecule has 3 heterocycles. The molecule has 6 heteroatoms. The number of nitrogens with zero attached hydrogens (tertiary/aromatic N) is 1. The predicted octanol–water partition coefficient (Wildman–Crippen LogP) is 3.09. The van der Waals surface area contributed by atoms with Crippen molar-refractivity contribution in [3.8, 4) is 0 Å². The number of ether oxygens (including phenoxy) is 1. The van der Waals surface area contributed by atoms with Crippen LogP contribution in [0, 0.1) is 5.92 Å². The smallest absolute Gasteiger partial charge is 0.342 e. The van der Waals surface area contributed by atoms with Gasteiger partial charge in [0.2, 0.25) is 0 Å². The third-order valence-electron chi connectivity index (χ3n) is 4.55. The fraction of sp³-hybridized carbons (Fsp3) is 0.471. The van der Waals surface area contributed by atoms with Crippen molar-refractivity contribution in [2.24, 2.45) is 5.92 Å². The molecule has 2 aliphatic rings. The second kappa shape index (κ2) is 5.42. The summed E-state index contributed by atoms with van der Waals surface area (Å²) in [6.45, 7) is 6.34. The highest BCUT2D eigenvalue weighted by Crippen LogP contribution is 2.48. The molecule has 0 unspecified atom stereocenters. The zero-order valence-corrected chi connectivity index (χ0v) is 13.3. The summed E-state index contributed by atoms with van der Waals surface area (Å²) >= 11 is 0. The number of hydrogen-bond acceptors (Lipinski definition) is 6. The summed E-state index contributed by atoms with van der Waals surface area (Å²) < 4.78 is 11.1. The molecule has 4 rings (SSSR count). The standard InChI is InChI=1S/C17H19NO5/c1-4-20-17-9(2)15-14-11-7-5-6-8-12(11)21-16(19)13(14)10(3)22-18(15)23-17/h5-10,15,17H,4H2,1-3H3/t9-,10-,15-,17-/m1/s1. The lowest BCUT2D eigenvalue weighted by Gasteiger charge is -2.33. The van der Waals surface area contributed by atoms with Crippen LogP contribution in [0.15, 0.2) is 33.5 Å². The van der Waals surface area contributed by atoms with Crippen molar-refractivity contribution in [1.29, 1.82) is 0 Å². The summed E-state index contributed by atoms with van der Waals surface area (Å²) in [5.41, 5.74) is 1.72. The molecule has 4 atom stereocenters. The molecule has 0 aliphatic carbocycles. The maximum Gasteiger partial charge on any atom is 0.342 e. The molecule has 0 radical (unpaired) electrons. The SMILES string of the molecule is CCO[C@@H]1ON2O[C@H](C)c3c(c4ccccc4oc3=O)[C@H]2[C@H]1C. The topological polar surface area (TPSA) is 61.1 Å². The lowest BCUT2D eigenvalue weighted by atomic mass is 9.87. The quantitative estimate of drug-likeness (QED) is 0.793. The van der Waals surface area contributed by atoms with E-state index < -0.39 is 12.4 Å². The van der Waals surface area contributed by atoms with Crippen molar-refractivity contribution in [2.45, 2.75) is 39.2 Å². The Morgan fingerprint density at radius 1 is 1.17 bits per heavy atom. The minimum Gasteiger partial charge on any atom is -0.422 e. The minimum absolute atomic E-state index is 0.0198. The van der Waals surface area contributed by atoms with Crippen LogP contribution in [0.25, 0.3) is 11.0 Å². The van der Waals surface area contributed by atoms with Gasteiger partial charge in [-0.1, -0.05) is 30.3 Å². The van der Waals surface area contributed by atoms with E-state index in [2.05, 4.69) is 0 Å². The average molecular weight is 317 g/mol. The molecule has 23 heavy (non-hydrogen) atoms. The molecule has 0 bridgehead atoms. The monoisotopic (exact) mass is 317 g/mol. The number of para-hydroxylation sites is 1. The number of hydrogen-bond donors (Lipinski definition) is 0. The number of fused-ring (bicyclic) bond motifs is 5. The van der Waals surface area contributed by atoms with E-state index in [1.165, 1.54) is 5.23 Å². The first-order valence-corrected chi connectivity index (χ1v) is 7.91. The molecule has 6 nitrogen and oxygen atoms in total. The van der Waals surface area contributed by atoms with Crippen molar-refractivity contribution in [2.75, 3.05) is 6.61 Å². The molecule has 0 amide bonds. The number of rotatable bonds is 2. The molecule has 122 valence electrons. The highest BCUT2D eigenvalue weighted by molar-refractivity contribution is 5.82. The van der Waals surface area contributed by atoms with E-state index in [-0.39, 0.29) is 17.6 Å². The first-order valence-electron chi connectivity index (χ1n) is 7.91. The maximum atomic E-state index is 12.5. The van der Waals surface area contributed by atoms with Crippen LogP contribution >= 0.6 is 0 Å². The summed E-state index contributed by atoms with van der Waals surface area (Å²) in [4.78, 5) is 24.0. The Morgan fingerprint density at radius 2 is 1.96 bits per heavy atom. The highest BCUT2D eigenvalue weighted by atomic mass is 17.0. The number of hydroxylamine groups is 2. The normalized spacial score (nSPS) is 30.4. The van der Waals surface area contributed by atoms with E-state index in [1.54, 1.807) is 0 Å². The van der Waals surface area contributed by atoms with Gasteiger partial charge in [0.05, 0.1) is 11.6 Å². The predicted molar refractivity (Wildman–Crippen MR) is 82.2 cm³/mol. The summed E-state index contributed by atoms with van der Waals surface area (Å²) in [6.07, 6.45) is -0.830.